The van der Waals surface area contributed by atoms with Crippen LogP contribution < -0.4 is 10.2 Å². The predicted octanol–water partition coefficient (Wildman–Crippen LogP) is 3.32. The number of carbonyl (C=O) groups excluding carboxylic acids is 1. The third kappa shape index (κ3) is 4.06. The highest BCUT2D eigenvalue weighted by Gasteiger charge is 2.25. The van der Waals surface area contributed by atoms with Crippen molar-refractivity contribution in [1.29, 1.82) is 0 Å². The van der Waals surface area contributed by atoms with Gasteiger partial charge in [-0.05, 0) is 26.0 Å². The van der Waals surface area contributed by atoms with Gasteiger partial charge in [-0.25, -0.2) is 9.37 Å². The molecule has 0 saturated carbocycles. The number of anilines is 3. The van der Waals surface area contributed by atoms with E-state index in [1.165, 1.54) is 12.1 Å². The summed E-state index contributed by atoms with van der Waals surface area (Å²) in [4.78, 5) is 25.5. The fraction of sp³-hybridized carbons (Fsp3) is 0.300. The Hall–Kier alpha value is -3.20. The molecule has 0 spiro atoms. The lowest BCUT2D eigenvalue weighted by Gasteiger charge is -2.35. The molecule has 1 aliphatic heterocycles. The van der Waals surface area contributed by atoms with Gasteiger partial charge >= 0.3 is 0 Å². The van der Waals surface area contributed by atoms with Crippen molar-refractivity contribution in [2.45, 2.75) is 13.8 Å². The molecule has 0 unspecified atom stereocenters. The first-order chi connectivity index (χ1) is 14.4. The molecule has 1 aliphatic rings. The van der Waals surface area contributed by atoms with E-state index in [1.54, 1.807) is 17.2 Å². The van der Waals surface area contributed by atoms with Crippen LogP contribution in [0.25, 0.3) is 0 Å². The van der Waals surface area contributed by atoms with Gasteiger partial charge < -0.3 is 15.1 Å². The second-order valence-corrected chi connectivity index (χ2v) is 7.51. The summed E-state index contributed by atoms with van der Waals surface area (Å²) in [6.45, 7) is 5.81. The summed E-state index contributed by atoms with van der Waals surface area (Å²) in [5, 5.41) is 10.2. The second kappa shape index (κ2) is 8.27. The number of nitrogens with zero attached hydrogens (tertiary/aromatic N) is 5. The van der Waals surface area contributed by atoms with Crippen molar-refractivity contribution in [3.63, 3.8) is 0 Å². The lowest BCUT2D eigenvalue weighted by molar-refractivity contribution is 0.0742. The molecule has 30 heavy (non-hydrogen) atoms. The molecule has 156 valence electrons. The summed E-state index contributed by atoms with van der Waals surface area (Å²) >= 11 is 5.81. The van der Waals surface area contributed by atoms with Crippen molar-refractivity contribution in [3.05, 3.63) is 58.3 Å². The summed E-state index contributed by atoms with van der Waals surface area (Å²) in [5.41, 5.74) is 1.69. The number of aryl methyl sites for hydroxylation is 2. The van der Waals surface area contributed by atoms with Crippen LogP contribution in [0.15, 0.2) is 30.5 Å². The topological polar surface area (TPSA) is 90.0 Å². The Balaban J connectivity index is 1.44. The molecule has 3 aromatic rings. The van der Waals surface area contributed by atoms with E-state index in [-0.39, 0.29) is 16.5 Å². The highest BCUT2D eigenvalue weighted by molar-refractivity contribution is 6.31. The van der Waals surface area contributed by atoms with Crippen molar-refractivity contribution in [3.8, 4) is 0 Å². The number of amides is 1. The Morgan fingerprint density at radius 1 is 1.23 bits per heavy atom. The number of aromatic amines is 1. The maximum Gasteiger partial charge on any atom is 0.257 e. The van der Waals surface area contributed by atoms with Crippen LogP contribution in [-0.4, -0.2) is 57.2 Å². The monoisotopic (exact) mass is 429 g/mol. The normalized spacial score (nSPS) is 14.1. The SMILES string of the molecule is Cc1cc(Nc2nc(N3CCN(C(=O)c4cccc(Cl)c4F)CC3)cnc2C)n[nH]1. The molecule has 1 amide bonds. The molecule has 10 heteroatoms. The number of aromatic nitrogens is 4. The van der Waals surface area contributed by atoms with Crippen molar-refractivity contribution in [2.75, 3.05) is 36.4 Å². The molecule has 0 aliphatic carbocycles. The third-order valence-electron chi connectivity index (χ3n) is 4.97. The molecule has 2 N–H and O–H groups in total. The maximum atomic E-state index is 14.2. The number of rotatable bonds is 4. The van der Waals surface area contributed by atoms with E-state index in [0.717, 1.165) is 11.4 Å². The largest absolute Gasteiger partial charge is 0.352 e. The van der Waals surface area contributed by atoms with Gasteiger partial charge in [-0.15, -0.1) is 0 Å². The summed E-state index contributed by atoms with van der Waals surface area (Å²) in [7, 11) is 0. The number of benzene rings is 1. The van der Waals surface area contributed by atoms with Crippen molar-refractivity contribution >= 4 is 35.0 Å². The molecule has 1 fully saturated rings. The maximum absolute atomic E-state index is 14.2. The smallest absolute Gasteiger partial charge is 0.257 e. The molecule has 0 radical (unpaired) electrons. The fourth-order valence-electron chi connectivity index (χ4n) is 3.29. The summed E-state index contributed by atoms with van der Waals surface area (Å²) in [6, 6.07) is 6.34. The van der Waals surface area contributed by atoms with E-state index in [2.05, 4.69) is 25.5 Å². The Kier molecular flexibility index (Phi) is 5.54. The minimum Gasteiger partial charge on any atom is -0.352 e. The summed E-state index contributed by atoms with van der Waals surface area (Å²) in [5.74, 6) is 0.956. The molecular formula is C20H21ClFN7O. The van der Waals surface area contributed by atoms with Crippen LogP contribution in [0, 0.1) is 19.7 Å². The number of halogens is 2. The summed E-state index contributed by atoms with van der Waals surface area (Å²) < 4.78 is 14.2. The Morgan fingerprint density at radius 2 is 2.00 bits per heavy atom. The van der Waals surface area contributed by atoms with Gasteiger partial charge in [-0.2, -0.15) is 5.10 Å². The lowest BCUT2D eigenvalue weighted by Crippen LogP contribution is -2.49. The van der Waals surface area contributed by atoms with E-state index < -0.39 is 5.82 Å². The number of hydrogen-bond acceptors (Lipinski definition) is 6. The molecule has 4 rings (SSSR count). The molecular weight excluding hydrogens is 409 g/mol. The average Bonchev–Trinajstić information content (AvgIpc) is 3.16. The molecule has 1 saturated heterocycles. The van der Waals surface area contributed by atoms with Crippen LogP contribution in [0.3, 0.4) is 0 Å². The average molecular weight is 430 g/mol. The van der Waals surface area contributed by atoms with Crippen LogP contribution in [0.2, 0.25) is 5.02 Å². The van der Waals surface area contributed by atoms with E-state index in [4.69, 9.17) is 11.6 Å². The minimum atomic E-state index is -0.680. The third-order valence-corrected chi connectivity index (χ3v) is 5.26. The molecule has 2 aromatic heterocycles. The second-order valence-electron chi connectivity index (χ2n) is 7.10. The summed E-state index contributed by atoms with van der Waals surface area (Å²) in [6.07, 6.45) is 1.71. The molecule has 0 atom stereocenters. The Morgan fingerprint density at radius 3 is 2.70 bits per heavy atom. The van der Waals surface area contributed by atoms with Crippen molar-refractivity contribution in [1.82, 2.24) is 25.1 Å². The van der Waals surface area contributed by atoms with Gasteiger partial charge in [0.15, 0.2) is 17.5 Å². The van der Waals surface area contributed by atoms with Gasteiger partial charge in [-0.3, -0.25) is 14.9 Å². The zero-order chi connectivity index (χ0) is 21.3. The van der Waals surface area contributed by atoms with Gasteiger partial charge in [0.05, 0.1) is 22.5 Å². The van der Waals surface area contributed by atoms with Gasteiger partial charge in [0.2, 0.25) is 0 Å². The minimum absolute atomic E-state index is 0.00754. The van der Waals surface area contributed by atoms with E-state index in [9.17, 15) is 9.18 Å². The first-order valence-corrected chi connectivity index (χ1v) is 9.91. The predicted molar refractivity (Wildman–Crippen MR) is 113 cm³/mol. The number of carbonyl (C=O) groups is 1. The van der Waals surface area contributed by atoms with Gasteiger partial charge in [0.1, 0.15) is 5.82 Å². The van der Waals surface area contributed by atoms with Crippen molar-refractivity contribution in [2.24, 2.45) is 0 Å². The highest BCUT2D eigenvalue weighted by atomic mass is 35.5. The molecule has 3 heterocycles. The highest BCUT2D eigenvalue weighted by Crippen LogP contribution is 2.23. The standard InChI is InChI=1S/C20H21ClFN7O/c1-12-10-16(27-26-12)24-19-13(2)23-11-17(25-19)28-6-8-29(9-7-28)20(30)14-4-3-5-15(21)18(14)22/h3-5,10-11H,6-9H2,1-2H3,(H2,24,25,26,27). The van der Waals surface area contributed by atoms with Crippen LogP contribution in [-0.2, 0) is 0 Å². The lowest BCUT2D eigenvalue weighted by atomic mass is 10.1. The van der Waals surface area contributed by atoms with Crippen LogP contribution in [0.4, 0.5) is 21.8 Å². The van der Waals surface area contributed by atoms with E-state index in [0.29, 0.717) is 43.6 Å². The van der Waals surface area contributed by atoms with Crippen LogP contribution in [0.5, 0.6) is 0 Å². The van der Waals surface area contributed by atoms with Crippen LogP contribution >= 0.6 is 11.6 Å². The quantitative estimate of drug-likeness (QED) is 0.661. The van der Waals surface area contributed by atoms with Crippen molar-refractivity contribution < 1.29 is 9.18 Å². The molecule has 1 aromatic carbocycles. The zero-order valence-electron chi connectivity index (χ0n) is 16.6. The first-order valence-electron chi connectivity index (χ1n) is 9.53. The number of nitrogens with one attached hydrogen (secondary N) is 2. The zero-order valence-corrected chi connectivity index (χ0v) is 17.4. The van der Waals surface area contributed by atoms with Crippen LogP contribution in [0.1, 0.15) is 21.7 Å². The number of piperazine rings is 1. The molecule has 8 nitrogen and oxygen atoms in total. The van der Waals surface area contributed by atoms with Gasteiger partial charge in [-0.1, -0.05) is 17.7 Å². The first kappa shape index (κ1) is 20.1. The number of H-pyrrole nitrogens is 1. The van der Waals surface area contributed by atoms with Gasteiger partial charge in [0.25, 0.3) is 5.91 Å². The Bertz CT molecular complexity index is 1080. The van der Waals surface area contributed by atoms with E-state index >= 15 is 0 Å². The number of hydrogen-bond donors (Lipinski definition) is 2. The van der Waals surface area contributed by atoms with E-state index in [1.807, 2.05) is 24.8 Å². The Labute approximate surface area is 178 Å². The van der Waals surface area contributed by atoms with Gasteiger partial charge in [0, 0.05) is 37.9 Å². The molecule has 0 bridgehead atoms. The fourth-order valence-corrected chi connectivity index (χ4v) is 3.47.